The van der Waals surface area contributed by atoms with E-state index in [-0.39, 0.29) is 0 Å². The van der Waals surface area contributed by atoms with Gasteiger partial charge < -0.3 is 20.6 Å². The lowest BCUT2D eigenvalue weighted by atomic mass is 9.98. The molecule has 2 aliphatic carbocycles. The second-order valence-electron chi connectivity index (χ2n) is 11.8. The maximum atomic E-state index is 4.71. The average Bonchev–Trinajstić information content (AvgIpc) is 3.52. The van der Waals surface area contributed by atoms with Crippen molar-refractivity contribution in [1.29, 1.82) is 0 Å². The fourth-order valence-electron chi connectivity index (χ4n) is 6.84. The highest BCUT2D eigenvalue weighted by molar-refractivity contribution is 5.90. The standard InChI is InChI=1S/C32H30N6/c1-2-17(9-21(3-1)29-15-33-31(37-29)27-13-23-11-25(23)35-27)18-4-5-20-10-22(7-6-19(20)8-18)30-16-34-32(38-30)28-14-24-12-26(24)36-28/h1-10,15-16,23-28,35-36H,11-14H2,(H,33,37)(H,34,38)/t23-,24+,25-,26+,27+,28-/m1/s1. The van der Waals surface area contributed by atoms with Crippen molar-refractivity contribution in [2.75, 3.05) is 0 Å². The summed E-state index contributed by atoms with van der Waals surface area (Å²) >= 11 is 0. The third kappa shape index (κ3) is 3.55. The number of hydrogen-bond acceptors (Lipinski definition) is 4. The molecule has 0 spiro atoms. The Morgan fingerprint density at radius 3 is 1.68 bits per heavy atom. The molecule has 188 valence electrons. The Balaban J connectivity index is 0.972. The Morgan fingerprint density at radius 1 is 0.553 bits per heavy atom. The molecule has 6 atom stereocenters. The lowest BCUT2D eigenvalue weighted by Crippen LogP contribution is -2.18. The molecule has 2 saturated carbocycles. The number of aromatic amines is 2. The van der Waals surface area contributed by atoms with Crippen molar-refractivity contribution < 1.29 is 0 Å². The van der Waals surface area contributed by atoms with E-state index in [2.05, 4.69) is 81.3 Å². The number of aromatic nitrogens is 4. The predicted octanol–water partition coefficient (Wildman–Crippen LogP) is 6.13. The largest absolute Gasteiger partial charge is 0.341 e. The maximum absolute atomic E-state index is 4.71. The van der Waals surface area contributed by atoms with Crippen LogP contribution in [0.1, 0.15) is 49.4 Å². The number of H-pyrrole nitrogens is 2. The van der Waals surface area contributed by atoms with E-state index in [0.717, 1.165) is 47.0 Å². The second kappa shape index (κ2) is 7.88. The van der Waals surface area contributed by atoms with Crippen LogP contribution in [0.2, 0.25) is 0 Å². The van der Waals surface area contributed by atoms with E-state index in [4.69, 9.17) is 9.97 Å². The quantitative estimate of drug-likeness (QED) is 0.235. The summed E-state index contributed by atoms with van der Waals surface area (Å²) in [6.07, 6.45) is 9.05. The highest BCUT2D eigenvalue weighted by atomic mass is 15.1. The van der Waals surface area contributed by atoms with Crippen LogP contribution in [-0.4, -0.2) is 32.0 Å². The predicted molar refractivity (Wildman–Crippen MR) is 149 cm³/mol. The Hall–Kier alpha value is -3.74. The van der Waals surface area contributed by atoms with E-state index in [1.807, 2.05) is 12.4 Å². The Kier molecular flexibility index (Phi) is 4.40. The van der Waals surface area contributed by atoms with Gasteiger partial charge in [-0.1, -0.05) is 42.5 Å². The summed E-state index contributed by atoms with van der Waals surface area (Å²) in [6.45, 7) is 0. The summed E-state index contributed by atoms with van der Waals surface area (Å²) in [5.74, 6) is 3.86. The molecule has 2 aliphatic heterocycles. The van der Waals surface area contributed by atoms with Gasteiger partial charge >= 0.3 is 0 Å². The zero-order chi connectivity index (χ0) is 24.8. The third-order valence-corrected chi connectivity index (χ3v) is 9.26. The van der Waals surface area contributed by atoms with E-state index in [1.54, 1.807) is 0 Å². The fraction of sp³-hybridized carbons (Fsp3) is 0.312. The number of rotatable bonds is 5. The molecule has 2 aromatic heterocycles. The average molecular weight is 499 g/mol. The number of piperidine rings is 2. The maximum Gasteiger partial charge on any atom is 0.123 e. The summed E-state index contributed by atoms with van der Waals surface area (Å²) in [5.41, 5.74) is 6.95. The van der Waals surface area contributed by atoms with Crippen molar-refractivity contribution in [1.82, 2.24) is 30.6 Å². The molecule has 0 radical (unpaired) electrons. The van der Waals surface area contributed by atoms with Gasteiger partial charge in [-0.2, -0.15) is 0 Å². The van der Waals surface area contributed by atoms with Gasteiger partial charge in [0, 0.05) is 23.2 Å². The summed E-state index contributed by atoms with van der Waals surface area (Å²) in [7, 11) is 0. The SMILES string of the molecule is c1cc(-c2ccc3cc(-c4cnc([C@H]5C[C@@H]6C[C@@H]6N5)[nH]4)ccc3c2)cc(-c2cnc([C@@H]3C[C@H]4C[C@H]4N3)[nH]2)c1. The van der Waals surface area contributed by atoms with E-state index >= 15 is 0 Å². The van der Waals surface area contributed by atoms with E-state index in [9.17, 15) is 0 Å². The molecular weight excluding hydrogens is 468 g/mol. The summed E-state index contributed by atoms with van der Waals surface area (Å²) < 4.78 is 0. The van der Waals surface area contributed by atoms with Crippen LogP contribution in [0.3, 0.4) is 0 Å². The molecule has 4 fully saturated rings. The Bertz CT molecular complexity index is 1680. The van der Waals surface area contributed by atoms with E-state index < -0.39 is 0 Å². The monoisotopic (exact) mass is 498 g/mol. The molecule has 5 aromatic rings. The molecule has 2 saturated heterocycles. The molecule has 0 amide bonds. The highest BCUT2D eigenvalue weighted by Gasteiger charge is 2.47. The molecule has 9 rings (SSSR count). The summed E-state index contributed by atoms with van der Waals surface area (Å²) in [6, 6.07) is 24.4. The van der Waals surface area contributed by atoms with Crippen LogP contribution < -0.4 is 10.6 Å². The number of benzene rings is 3. The van der Waals surface area contributed by atoms with Gasteiger partial charge in [0.25, 0.3) is 0 Å². The van der Waals surface area contributed by atoms with Crippen LogP contribution >= 0.6 is 0 Å². The van der Waals surface area contributed by atoms with Crippen LogP contribution in [-0.2, 0) is 0 Å². The van der Waals surface area contributed by atoms with Crippen molar-refractivity contribution >= 4 is 10.8 Å². The first-order chi connectivity index (χ1) is 18.7. The molecule has 38 heavy (non-hydrogen) atoms. The van der Waals surface area contributed by atoms with Crippen LogP contribution in [0.25, 0.3) is 44.4 Å². The van der Waals surface area contributed by atoms with Gasteiger partial charge in [0.1, 0.15) is 11.6 Å². The third-order valence-electron chi connectivity index (χ3n) is 9.26. The van der Waals surface area contributed by atoms with Gasteiger partial charge in [-0.15, -0.1) is 0 Å². The normalized spacial score (nSPS) is 28.9. The number of imidazole rings is 2. The number of hydrogen-bond donors (Lipinski definition) is 4. The summed E-state index contributed by atoms with van der Waals surface area (Å²) in [5, 5.41) is 9.86. The summed E-state index contributed by atoms with van der Waals surface area (Å²) in [4.78, 5) is 16.6. The van der Waals surface area contributed by atoms with Crippen molar-refractivity contribution in [2.45, 2.75) is 49.9 Å². The van der Waals surface area contributed by atoms with Crippen molar-refractivity contribution in [3.05, 3.63) is 84.7 Å². The molecule has 4 heterocycles. The molecule has 0 unspecified atom stereocenters. The molecule has 6 heteroatoms. The zero-order valence-corrected chi connectivity index (χ0v) is 21.1. The van der Waals surface area contributed by atoms with Crippen LogP contribution in [0.4, 0.5) is 0 Å². The molecular formula is C32H30N6. The zero-order valence-electron chi connectivity index (χ0n) is 21.1. The van der Waals surface area contributed by atoms with Crippen LogP contribution in [0.15, 0.2) is 73.1 Å². The number of nitrogens with zero attached hydrogens (tertiary/aromatic N) is 2. The van der Waals surface area contributed by atoms with E-state index in [1.165, 1.54) is 58.7 Å². The fourth-order valence-corrected chi connectivity index (χ4v) is 6.84. The molecule has 3 aromatic carbocycles. The van der Waals surface area contributed by atoms with Crippen LogP contribution in [0, 0.1) is 11.8 Å². The molecule has 4 N–H and O–H groups in total. The van der Waals surface area contributed by atoms with E-state index in [0.29, 0.717) is 12.1 Å². The van der Waals surface area contributed by atoms with Gasteiger partial charge in [-0.25, -0.2) is 9.97 Å². The minimum atomic E-state index is 0.374. The van der Waals surface area contributed by atoms with Gasteiger partial charge in [-0.05, 0) is 77.6 Å². The topological polar surface area (TPSA) is 81.4 Å². The van der Waals surface area contributed by atoms with Gasteiger partial charge in [0.15, 0.2) is 0 Å². The Morgan fingerprint density at radius 2 is 1.08 bits per heavy atom. The first-order valence-electron chi connectivity index (χ1n) is 14.0. The van der Waals surface area contributed by atoms with Gasteiger partial charge in [-0.3, -0.25) is 0 Å². The first-order valence-corrected chi connectivity index (χ1v) is 14.0. The minimum absolute atomic E-state index is 0.374. The molecule has 0 bridgehead atoms. The highest BCUT2D eigenvalue weighted by Crippen LogP contribution is 2.46. The second-order valence-corrected chi connectivity index (χ2v) is 11.8. The first kappa shape index (κ1) is 21.2. The minimum Gasteiger partial charge on any atom is -0.341 e. The number of nitrogens with one attached hydrogen (secondary N) is 4. The van der Waals surface area contributed by atoms with Crippen molar-refractivity contribution in [3.63, 3.8) is 0 Å². The van der Waals surface area contributed by atoms with Gasteiger partial charge in [0.05, 0.1) is 35.9 Å². The molecule has 6 nitrogen and oxygen atoms in total. The Labute approximate surface area is 221 Å². The van der Waals surface area contributed by atoms with Crippen molar-refractivity contribution in [3.8, 4) is 33.6 Å². The smallest absolute Gasteiger partial charge is 0.123 e. The van der Waals surface area contributed by atoms with Crippen LogP contribution in [0.5, 0.6) is 0 Å². The number of fused-ring (bicyclic) bond motifs is 3. The van der Waals surface area contributed by atoms with Crippen molar-refractivity contribution in [2.24, 2.45) is 11.8 Å². The molecule has 4 aliphatic rings. The van der Waals surface area contributed by atoms with Gasteiger partial charge in [0.2, 0.25) is 0 Å². The lowest BCUT2D eigenvalue weighted by molar-refractivity contribution is 0.543. The lowest BCUT2D eigenvalue weighted by Gasteiger charge is -2.10.